The van der Waals surface area contributed by atoms with Crippen molar-refractivity contribution in [2.45, 2.75) is 58.9 Å². The summed E-state index contributed by atoms with van der Waals surface area (Å²) in [6.45, 7) is 6.99. The van der Waals surface area contributed by atoms with Crippen LogP contribution in [-0.2, 0) is 14.3 Å². The first-order valence-corrected chi connectivity index (χ1v) is 14.9. The predicted octanol–water partition coefficient (Wildman–Crippen LogP) is 6.61. The highest BCUT2D eigenvalue weighted by Gasteiger charge is 2.48. The molecule has 0 aliphatic carbocycles. The molecule has 1 amide bonds. The number of hydrogen-bond donors (Lipinski definition) is 1. The molecule has 1 aliphatic heterocycles. The number of anilines is 1. The van der Waals surface area contributed by atoms with Gasteiger partial charge in [-0.05, 0) is 61.7 Å². The molecule has 0 saturated carbocycles. The molecule has 4 rings (SSSR count). The van der Waals surface area contributed by atoms with E-state index in [2.05, 4.69) is 18.8 Å². The van der Waals surface area contributed by atoms with E-state index in [1.54, 1.807) is 55.5 Å². The minimum atomic E-state index is -0.990. The summed E-state index contributed by atoms with van der Waals surface area (Å²) in [6.07, 6.45) is 5.02. The number of amides is 1. The van der Waals surface area contributed by atoms with Crippen molar-refractivity contribution in [2.75, 3.05) is 25.2 Å². The van der Waals surface area contributed by atoms with Gasteiger partial charge in [-0.1, -0.05) is 56.6 Å². The van der Waals surface area contributed by atoms with Crippen LogP contribution in [0, 0.1) is 6.92 Å². The van der Waals surface area contributed by atoms with Crippen molar-refractivity contribution < 1.29 is 33.7 Å². The number of carbonyl (C=O) groups is 3. The molecule has 0 spiro atoms. The maximum atomic E-state index is 13.5. The second-order valence-corrected chi connectivity index (χ2v) is 10.9. The van der Waals surface area contributed by atoms with Gasteiger partial charge in [0.05, 0.1) is 37.6 Å². The zero-order chi connectivity index (χ0) is 30.2. The molecule has 10 heteroatoms. The van der Waals surface area contributed by atoms with Crippen molar-refractivity contribution in [2.24, 2.45) is 0 Å². The Kier molecular flexibility index (Phi) is 10.4. The van der Waals surface area contributed by atoms with Crippen LogP contribution >= 0.6 is 11.3 Å². The second kappa shape index (κ2) is 14.1. The van der Waals surface area contributed by atoms with Gasteiger partial charge in [0, 0.05) is 5.56 Å². The maximum Gasteiger partial charge on any atom is 0.350 e. The highest BCUT2D eigenvalue weighted by atomic mass is 32.1. The molecule has 2 aromatic carbocycles. The lowest BCUT2D eigenvalue weighted by Gasteiger charge is -2.23. The predicted molar refractivity (Wildman–Crippen MR) is 161 cm³/mol. The summed E-state index contributed by atoms with van der Waals surface area (Å²) in [5.74, 6) is -1.32. The number of ketones is 1. The average Bonchev–Trinajstić information content (AvgIpc) is 3.51. The van der Waals surface area contributed by atoms with Gasteiger partial charge < -0.3 is 19.3 Å². The largest absolute Gasteiger partial charge is 0.507 e. The number of methoxy groups -OCH3 is 1. The van der Waals surface area contributed by atoms with Gasteiger partial charge in [0.25, 0.3) is 5.78 Å². The topological polar surface area (TPSA) is 115 Å². The molecule has 1 N–H and O–H groups in total. The number of benzene rings is 2. The number of ether oxygens (including phenoxy) is 3. The fraction of sp³-hybridized carbons (Fsp3) is 0.375. The first-order chi connectivity index (χ1) is 20.3. The van der Waals surface area contributed by atoms with Gasteiger partial charge in [0.2, 0.25) is 0 Å². The van der Waals surface area contributed by atoms with Crippen molar-refractivity contribution in [3.63, 3.8) is 0 Å². The van der Waals surface area contributed by atoms with E-state index in [0.29, 0.717) is 41.5 Å². The van der Waals surface area contributed by atoms with E-state index in [1.165, 1.54) is 12.0 Å². The molecule has 9 nitrogen and oxygen atoms in total. The number of esters is 1. The number of aromatic nitrogens is 1. The molecule has 1 aliphatic rings. The normalized spacial score (nSPS) is 16.1. The summed E-state index contributed by atoms with van der Waals surface area (Å²) in [5, 5.41) is 11.6. The lowest BCUT2D eigenvalue weighted by molar-refractivity contribution is -0.132. The summed E-state index contributed by atoms with van der Waals surface area (Å²) in [5.41, 5.74) is 1.23. The number of aryl methyl sites for hydroxylation is 1. The molecular weight excluding hydrogens is 556 g/mol. The number of thiazole rings is 1. The molecule has 1 saturated heterocycles. The van der Waals surface area contributed by atoms with Gasteiger partial charge in [0.1, 0.15) is 22.1 Å². The molecule has 0 bridgehead atoms. The monoisotopic (exact) mass is 592 g/mol. The van der Waals surface area contributed by atoms with E-state index in [9.17, 15) is 19.5 Å². The molecule has 1 fully saturated rings. The average molecular weight is 593 g/mol. The second-order valence-electron chi connectivity index (χ2n) is 9.92. The van der Waals surface area contributed by atoms with E-state index in [0.717, 1.165) is 43.4 Å². The lowest BCUT2D eigenvalue weighted by atomic mass is 9.95. The van der Waals surface area contributed by atoms with Crippen molar-refractivity contribution in [3.8, 4) is 11.5 Å². The Bertz CT molecular complexity index is 1440. The van der Waals surface area contributed by atoms with Gasteiger partial charge in [0.15, 0.2) is 5.13 Å². The number of hydrogen-bond acceptors (Lipinski definition) is 9. The third-order valence-corrected chi connectivity index (χ3v) is 8.05. The Morgan fingerprint density at radius 3 is 2.12 bits per heavy atom. The zero-order valence-corrected chi connectivity index (χ0v) is 25.2. The Morgan fingerprint density at radius 2 is 1.52 bits per heavy atom. The minimum Gasteiger partial charge on any atom is -0.507 e. The number of rotatable bonds is 13. The summed E-state index contributed by atoms with van der Waals surface area (Å²) < 4.78 is 16.4. The van der Waals surface area contributed by atoms with Gasteiger partial charge in [-0.15, -0.1) is 0 Å². The Morgan fingerprint density at radius 1 is 0.929 bits per heavy atom. The number of aliphatic hydroxyl groups is 1. The molecule has 1 aromatic heterocycles. The standard InChI is InChI=1S/C32H36N2O7S/c1-5-7-9-19-41-23-14-10-21(11-15-23)26-25(27(35)22-12-16-24(17-13-22)40-18-8-6-2)28(36)30(37)34(26)32-33-20(3)29(42-32)31(38)39-4/h10-17,26,35H,5-9,18-19H2,1-4H3/t26-/m1/s1. The van der Waals surface area contributed by atoms with E-state index in [-0.39, 0.29) is 21.3 Å². The van der Waals surface area contributed by atoms with Gasteiger partial charge >= 0.3 is 11.9 Å². The number of aliphatic hydroxyl groups excluding tert-OH is 1. The van der Waals surface area contributed by atoms with Crippen LogP contribution < -0.4 is 14.4 Å². The first-order valence-electron chi connectivity index (χ1n) is 14.1. The highest BCUT2D eigenvalue weighted by molar-refractivity contribution is 7.17. The van der Waals surface area contributed by atoms with Crippen LogP contribution in [0.4, 0.5) is 5.13 Å². The van der Waals surface area contributed by atoms with Crippen LogP contribution in [0.25, 0.3) is 5.76 Å². The fourth-order valence-electron chi connectivity index (χ4n) is 4.60. The SMILES string of the molecule is CCCCCOc1ccc([C@@H]2C(=C(O)c3ccc(OCCCC)cc3)C(=O)C(=O)N2c2nc(C)c(C(=O)OC)s2)cc1. The van der Waals surface area contributed by atoms with Crippen molar-refractivity contribution in [3.05, 3.63) is 75.8 Å². The summed E-state index contributed by atoms with van der Waals surface area (Å²) in [6, 6.07) is 12.8. The maximum absolute atomic E-state index is 13.5. The molecule has 1 atom stereocenters. The Balaban J connectivity index is 1.76. The van der Waals surface area contributed by atoms with Crippen molar-refractivity contribution in [1.29, 1.82) is 0 Å². The summed E-state index contributed by atoms with van der Waals surface area (Å²) in [4.78, 5) is 45.2. The van der Waals surface area contributed by atoms with Crippen LogP contribution in [-0.4, -0.2) is 48.1 Å². The van der Waals surface area contributed by atoms with E-state index >= 15 is 0 Å². The Hall–Kier alpha value is -4.18. The number of unbranched alkanes of at least 4 members (excludes halogenated alkanes) is 3. The van der Waals surface area contributed by atoms with Crippen LogP contribution in [0.15, 0.2) is 54.1 Å². The van der Waals surface area contributed by atoms with Crippen molar-refractivity contribution in [1.82, 2.24) is 4.98 Å². The van der Waals surface area contributed by atoms with E-state index in [4.69, 9.17) is 14.2 Å². The van der Waals surface area contributed by atoms with Crippen LogP contribution in [0.1, 0.15) is 78.5 Å². The van der Waals surface area contributed by atoms with Gasteiger partial charge in [-0.2, -0.15) is 0 Å². The smallest absolute Gasteiger partial charge is 0.350 e. The Labute approximate surface area is 249 Å². The number of nitrogens with zero attached hydrogens (tertiary/aromatic N) is 2. The first kappa shape index (κ1) is 30.8. The molecule has 222 valence electrons. The zero-order valence-electron chi connectivity index (χ0n) is 24.3. The lowest BCUT2D eigenvalue weighted by Crippen LogP contribution is -2.29. The van der Waals surface area contributed by atoms with Crippen molar-refractivity contribution >= 4 is 39.9 Å². The minimum absolute atomic E-state index is 0.0799. The van der Waals surface area contributed by atoms with Crippen LogP contribution in [0.5, 0.6) is 11.5 Å². The summed E-state index contributed by atoms with van der Waals surface area (Å²) >= 11 is 0.955. The molecular formula is C32H36N2O7S. The van der Waals surface area contributed by atoms with E-state index < -0.39 is 23.7 Å². The van der Waals surface area contributed by atoms with Crippen LogP contribution in [0.2, 0.25) is 0 Å². The molecule has 42 heavy (non-hydrogen) atoms. The fourth-order valence-corrected chi connectivity index (χ4v) is 5.61. The number of carbonyl (C=O) groups excluding carboxylic acids is 3. The molecule has 2 heterocycles. The molecule has 3 aromatic rings. The van der Waals surface area contributed by atoms with Crippen LogP contribution in [0.3, 0.4) is 0 Å². The highest BCUT2D eigenvalue weighted by Crippen LogP contribution is 2.44. The third kappa shape index (κ3) is 6.65. The quantitative estimate of drug-likeness (QED) is 0.0775. The summed E-state index contributed by atoms with van der Waals surface area (Å²) in [7, 11) is 1.26. The molecule has 0 radical (unpaired) electrons. The van der Waals surface area contributed by atoms with Gasteiger partial charge in [-0.25, -0.2) is 9.78 Å². The molecule has 0 unspecified atom stereocenters. The third-order valence-electron chi connectivity index (χ3n) is 6.91. The number of Topliss-reactive ketones (excluding diaryl/α,β-unsaturated/α-hetero) is 1. The van der Waals surface area contributed by atoms with Gasteiger partial charge in [-0.3, -0.25) is 14.5 Å². The van der Waals surface area contributed by atoms with E-state index in [1.807, 2.05) is 0 Å².